The number of aliphatic hydroxyl groups is 1. The maximum Gasteiger partial charge on any atom is 0.191 e. The summed E-state index contributed by atoms with van der Waals surface area (Å²) in [6.07, 6.45) is 3.36. The lowest BCUT2D eigenvalue weighted by Crippen LogP contribution is -2.49. The van der Waals surface area contributed by atoms with Gasteiger partial charge in [0.15, 0.2) is 5.96 Å². The molecule has 0 unspecified atom stereocenters. The number of hydrogen-bond acceptors (Lipinski definition) is 4. The maximum atomic E-state index is 14.7. The summed E-state index contributed by atoms with van der Waals surface area (Å²) in [4.78, 5) is 9.27. The fourth-order valence-corrected chi connectivity index (χ4v) is 4.47. The van der Waals surface area contributed by atoms with Crippen molar-refractivity contribution in [2.75, 3.05) is 44.2 Å². The van der Waals surface area contributed by atoms with Gasteiger partial charge in [0.25, 0.3) is 0 Å². The molecule has 0 amide bonds. The molecular weight excluding hydrogens is 520 g/mol. The Bertz CT molecular complexity index is 716. The molecule has 2 heterocycles. The summed E-state index contributed by atoms with van der Waals surface area (Å²) < 4.78 is 14.7. The number of benzene rings is 1. The van der Waals surface area contributed by atoms with Crippen molar-refractivity contribution in [3.8, 4) is 0 Å². The summed E-state index contributed by atoms with van der Waals surface area (Å²) in [6.45, 7) is 12.6. The van der Waals surface area contributed by atoms with Gasteiger partial charge in [-0.15, -0.1) is 24.0 Å². The number of guanidine groups is 1. The minimum absolute atomic E-state index is 0. The molecule has 182 valence electrons. The molecule has 2 aliphatic rings. The lowest BCUT2D eigenvalue weighted by Gasteiger charge is -2.34. The normalized spacial score (nSPS) is 19.2. The molecule has 2 fully saturated rings. The highest BCUT2D eigenvalue weighted by Crippen LogP contribution is 2.24. The van der Waals surface area contributed by atoms with Crippen LogP contribution in [0.25, 0.3) is 0 Å². The molecule has 0 saturated carbocycles. The Morgan fingerprint density at radius 3 is 2.44 bits per heavy atom. The number of aliphatic hydroxyl groups excluding tert-OH is 1. The highest BCUT2D eigenvalue weighted by molar-refractivity contribution is 14.0. The number of piperidine rings is 2. The van der Waals surface area contributed by atoms with E-state index in [1.807, 2.05) is 17.0 Å². The molecule has 32 heavy (non-hydrogen) atoms. The number of aliphatic imine (C=N–C) groups is 1. The van der Waals surface area contributed by atoms with Crippen molar-refractivity contribution in [1.29, 1.82) is 0 Å². The van der Waals surface area contributed by atoms with E-state index < -0.39 is 0 Å². The van der Waals surface area contributed by atoms with Gasteiger partial charge in [0.2, 0.25) is 0 Å². The molecule has 2 saturated heterocycles. The Kier molecular flexibility index (Phi) is 11.5. The van der Waals surface area contributed by atoms with Crippen LogP contribution in [-0.4, -0.2) is 67.4 Å². The van der Waals surface area contributed by atoms with Crippen molar-refractivity contribution in [2.45, 2.75) is 65.1 Å². The monoisotopic (exact) mass is 561 g/mol. The molecule has 0 bridgehead atoms. The summed E-state index contributed by atoms with van der Waals surface area (Å²) in [5, 5.41) is 16.6. The molecule has 8 heteroatoms. The smallest absolute Gasteiger partial charge is 0.191 e. The Morgan fingerprint density at radius 2 is 1.84 bits per heavy atom. The van der Waals surface area contributed by atoms with Gasteiger partial charge in [0, 0.05) is 45.3 Å². The topological polar surface area (TPSA) is 63.1 Å². The maximum absolute atomic E-state index is 14.7. The van der Waals surface area contributed by atoms with Crippen LogP contribution in [0.2, 0.25) is 0 Å². The fourth-order valence-electron chi connectivity index (χ4n) is 4.47. The van der Waals surface area contributed by atoms with Gasteiger partial charge in [0.1, 0.15) is 5.82 Å². The Morgan fingerprint density at radius 1 is 1.16 bits per heavy atom. The van der Waals surface area contributed by atoms with E-state index >= 15 is 0 Å². The van der Waals surface area contributed by atoms with E-state index in [1.54, 1.807) is 6.07 Å². The average molecular weight is 562 g/mol. The van der Waals surface area contributed by atoms with Gasteiger partial charge < -0.3 is 25.5 Å². The first-order valence-corrected chi connectivity index (χ1v) is 11.9. The molecule has 6 nitrogen and oxygen atoms in total. The first-order valence-electron chi connectivity index (χ1n) is 11.9. The van der Waals surface area contributed by atoms with E-state index in [9.17, 15) is 9.50 Å². The van der Waals surface area contributed by atoms with Crippen LogP contribution < -0.4 is 15.5 Å². The molecule has 0 atom stereocenters. The molecular formula is C24H41FIN5O. The predicted molar refractivity (Wildman–Crippen MR) is 142 cm³/mol. The first-order chi connectivity index (χ1) is 14.9. The Hall–Kier alpha value is -1.13. The second-order valence-electron chi connectivity index (χ2n) is 9.31. The van der Waals surface area contributed by atoms with Crippen molar-refractivity contribution in [3.05, 3.63) is 29.6 Å². The van der Waals surface area contributed by atoms with Crippen LogP contribution in [-0.2, 0) is 6.54 Å². The summed E-state index contributed by atoms with van der Waals surface area (Å²) in [5.41, 5.74) is 1.49. The first kappa shape index (κ1) is 27.1. The van der Waals surface area contributed by atoms with Gasteiger partial charge in [-0.05, 0) is 56.2 Å². The SMILES string of the molecule is CCNC(=NCc1ccc(N2CCC(O)CC2)c(F)c1)NC1CCN(CC(C)C)CC1.I. The van der Waals surface area contributed by atoms with Crippen LogP contribution in [0.1, 0.15) is 52.0 Å². The predicted octanol–water partition coefficient (Wildman–Crippen LogP) is 3.58. The Balaban J connectivity index is 0.00000363. The van der Waals surface area contributed by atoms with E-state index in [0.29, 0.717) is 50.1 Å². The van der Waals surface area contributed by atoms with E-state index in [1.165, 1.54) is 6.54 Å². The number of anilines is 1. The van der Waals surface area contributed by atoms with Crippen LogP contribution in [0.5, 0.6) is 0 Å². The van der Waals surface area contributed by atoms with Gasteiger partial charge >= 0.3 is 0 Å². The molecule has 0 radical (unpaired) electrons. The minimum atomic E-state index is -0.257. The van der Waals surface area contributed by atoms with Gasteiger partial charge in [-0.2, -0.15) is 0 Å². The molecule has 1 aromatic carbocycles. The lowest BCUT2D eigenvalue weighted by atomic mass is 10.0. The lowest BCUT2D eigenvalue weighted by molar-refractivity contribution is 0.145. The summed E-state index contributed by atoms with van der Waals surface area (Å²) in [5.74, 6) is 1.30. The van der Waals surface area contributed by atoms with Crippen molar-refractivity contribution in [2.24, 2.45) is 10.9 Å². The molecule has 0 aliphatic carbocycles. The number of hydrogen-bond donors (Lipinski definition) is 3. The van der Waals surface area contributed by atoms with Crippen molar-refractivity contribution >= 4 is 35.6 Å². The van der Waals surface area contributed by atoms with Gasteiger partial charge in [-0.3, -0.25) is 0 Å². The third-order valence-electron chi connectivity index (χ3n) is 6.13. The summed E-state index contributed by atoms with van der Waals surface area (Å²) >= 11 is 0. The summed E-state index contributed by atoms with van der Waals surface area (Å²) in [7, 11) is 0. The molecule has 2 aliphatic heterocycles. The Labute approximate surface area is 210 Å². The van der Waals surface area contributed by atoms with Gasteiger partial charge in [-0.25, -0.2) is 9.38 Å². The third kappa shape index (κ3) is 8.33. The van der Waals surface area contributed by atoms with E-state index in [4.69, 9.17) is 4.99 Å². The number of halogens is 2. The summed E-state index contributed by atoms with van der Waals surface area (Å²) in [6, 6.07) is 5.83. The average Bonchev–Trinajstić information content (AvgIpc) is 2.74. The highest BCUT2D eigenvalue weighted by atomic mass is 127. The quantitative estimate of drug-likeness (QED) is 0.270. The zero-order valence-electron chi connectivity index (χ0n) is 19.8. The van der Waals surface area contributed by atoms with Gasteiger partial charge in [0.05, 0.1) is 18.3 Å². The second kappa shape index (κ2) is 13.5. The number of nitrogens with one attached hydrogen (secondary N) is 2. The zero-order chi connectivity index (χ0) is 22.2. The van der Waals surface area contributed by atoms with Crippen LogP contribution in [0.15, 0.2) is 23.2 Å². The minimum Gasteiger partial charge on any atom is -0.393 e. The van der Waals surface area contributed by atoms with Crippen LogP contribution in [0.4, 0.5) is 10.1 Å². The van der Waals surface area contributed by atoms with Crippen LogP contribution in [0, 0.1) is 11.7 Å². The fraction of sp³-hybridized carbons (Fsp3) is 0.708. The number of rotatable bonds is 7. The van der Waals surface area contributed by atoms with E-state index in [-0.39, 0.29) is 35.9 Å². The van der Waals surface area contributed by atoms with Crippen molar-refractivity contribution in [1.82, 2.24) is 15.5 Å². The zero-order valence-corrected chi connectivity index (χ0v) is 22.1. The number of nitrogens with zero attached hydrogens (tertiary/aromatic N) is 3. The highest BCUT2D eigenvalue weighted by Gasteiger charge is 2.21. The van der Waals surface area contributed by atoms with Crippen LogP contribution in [0.3, 0.4) is 0 Å². The number of likely N-dealkylation sites (tertiary alicyclic amines) is 1. The van der Waals surface area contributed by atoms with Crippen molar-refractivity contribution in [3.63, 3.8) is 0 Å². The van der Waals surface area contributed by atoms with E-state index in [2.05, 4.69) is 36.3 Å². The molecule has 1 aromatic rings. The van der Waals surface area contributed by atoms with Crippen LogP contribution >= 0.6 is 24.0 Å². The van der Waals surface area contributed by atoms with Crippen molar-refractivity contribution < 1.29 is 9.50 Å². The van der Waals surface area contributed by atoms with E-state index in [0.717, 1.165) is 44.0 Å². The standard InChI is InChI=1S/C24H40FN5O.HI/c1-4-26-24(28-20-7-11-29(12-8-20)17-18(2)3)27-16-19-5-6-23(22(25)15-19)30-13-9-21(31)10-14-30;/h5-6,15,18,20-21,31H,4,7-14,16-17H2,1-3H3,(H2,26,27,28);1H. The second-order valence-corrected chi connectivity index (χ2v) is 9.31. The largest absolute Gasteiger partial charge is 0.393 e. The molecule has 3 rings (SSSR count). The molecule has 0 spiro atoms. The third-order valence-corrected chi connectivity index (χ3v) is 6.13. The van der Waals surface area contributed by atoms with Gasteiger partial charge in [-0.1, -0.05) is 19.9 Å². The molecule has 3 N–H and O–H groups in total. The molecule has 0 aromatic heterocycles.